The SMILES string of the molecule is O.O[Si](O)(O)O.[AlH3].[CaH2].[Fe].[Mn].[Zn]. The van der Waals surface area contributed by atoms with Gasteiger partial charge in [0.2, 0.25) is 0 Å². The molecule has 0 aliphatic rings. The van der Waals surface area contributed by atoms with Gasteiger partial charge >= 0.3 is 46.8 Å². The van der Waals surface area contributed by atoms with Gasteiger partial charge in [0.15, 0.2) is 17.4 Å². The first kappa shape index (κ1) is 47.0. The standard InChI is InChI=1S/Al.Ca.Fe.Mn.H4O4Si.H2O.Zn.5H/c;;;;1-5(2,3)4;;;;;;;/h;;;;1-4H;1H2;;;;;;. The van der Waals surface area contributed by atoms with Gasteiger partial charge in [-0.05, 0) is 0 Å². The van der Waals surface area contributed by atoms with Crippen LogP contribution in [-0.2, 0) is 53.6 Å². The zero-order valence-electron chi connectivity index (χ0n) is 4.23. The molecule has 0 spiro atoms. The molecule has 67 valence electrons. The van der Waals surface area contributed by atoms with Crippen LogP contribution >= 0.6 is 0 Å². The molecule has 5 nitrogen and oxygen atoms in total. The van der Waals surface area contributed by atoms with Crippen LogP contribution in [0.2, 0.25) is 0 Å². The summed E-state index contributed by atoms with van der Waals surface area (Å²) in [6.45, 7) is 0. The molecule has 0 atom stereocenters. The fourth-order valence-electron chi connectivity index (χ4n) is 0. The van der Waals surface area contributed by atoms with E-state index in [9.17, 15) is 0 Å². The Hall–Kier alpha value is 3.47. The van der Waals surface area contributed by atoms with Crippen LogP contribution < -0.4 is 0 Å². The van der Waals surface area contributed by atoms with Gasteiger partial charge in [-0.2, -0.15) is 0 Å². The molecular weight excluding hydrogens is 351 g/mol. The molecule has 0 aromatic carbocycles. The van der Waals surface area contributed by atoms with Crippen molar-refractivity contribution in [3.05, 3.63) is 0 Å². The summed E-state index contributed by atoms with van der Waals surface area (Å²) in [5.41, 5.74) is 0. The summed E-state index contributed by atoms with van der Waals surface area (Å²) >= 11 is 0. The molecule has 0 bridgehead atoms. The van der Waals surface area contributed by atoms with Crippen LogP contribution in [0.25, 0.3) is 0 Å². The third-order valence-corrected chi connectivity index (χ3v) is 0. The van der Waals surface area contributed by atoms with E-state index in [0.717, 1.165) is 0 Å². The van der Waals surface area contributed by atoms with Crippen LogP contribution in [0.1, 0.15) is 0 Å². The van der Waals surface area contributed by atoms with Crippen molar-refractivity contribution in [3.63, 3.8) is 0 Å². The zero-order chi connectivity index (χ0) is 4.50. The molecule has 0 rings (SSSR count). The summed E-state index contributed by atoms with van der Waals surface area (Å²) in [6, 6.07) is 0. The molecule has 0 heterocycles. The second-order valence-electron chi connectivity index (χ2n) is 0.600. The Bertz CT molecular complexity index is 42.0. The predicted octanol–water partition coefficient (Wildman–Crippen LogP) is -5.54. The van der Waals surface area contributed by atoms with Crippen LogP contribution in [0, 0.1) is 0 Å². The van der Waals surface area contributed by atoms with Crippen molar-refractivity contribution in [2.24, 2.45) is 0 Å². The van der Waals surface area contributed by atoms with Crippen LogP contribution in [0.4, 0.5) is 0 Å². The van der Waals surface area contributed by atoms with Crippen molar-refractivity contribution in [2.75, 3.05) is 0 Å². The molecule has 1 radical (unpaired) electrons. The molecule has 0 fully saturated rings. The molecule has 0 amide bonds. The van der Waals surface area contributed by atoms with Crippen LogP contribution in [0.3, 0.4) is 0 Å². The average molecular weight is 362 g/mol. The van der Waals surface area contributed by atoms with Gasteiger partial charge in [-0.25, -0.2) is 0 Å². The second-order valence-corrected chi connectivity index (χ2v) is 1.80. The molecule has 0 saturated heterocycles. The summed E-state index contributed by atoms with van der Waals surface area (Å²) in [6.07, 6.45) is 0. The molecule has 11 heteroatoms. The predicted molar refractivity (Wildman–Crippen MR) is 36.7 cm³/mol. The van der Waals surface area contributed by atoms with Crippen molar-refractivity contribution >= 4 is 64.1 Å². The minimum Gasteiger partial charge on any atom is 0 e. The topological polar surface area (TPSA) is 112 Å². The summed E-state index contributed by atoms with van der Waals surface area (Å²) in [5.74, 6) is 0. The van der Waals surface area contributed by atoms with Crippen LogP contribution in [-0.4, -0.2) is 88.8 Å². The molecule has 0 aromatic rings. The Labute approximate surface area is 140 Å². The Balaban J connectivity index is -0.00000000533. The molecule has 6 N–H and O–H groups in total. The molecule has 0 aliphatic heterocycles. The van der Waals surface area contributed by atoms with Gasteiger partial charge in [-0.3, -0.25) is 0 Å². The second kappa shape index (κ2) is 23.4. The van der Waals surface area contributed by atoms with Gasteiger partial charge in [-0.1, -0.05) is 0 Å². The van der Waals surface area contributed by atoms with Gasteiger partial charge in [0.25, 0.3) is 0 Å². The molecule has 0 unspecified atom stereocenters. The first-order chi connectivity index (χ1) is 2.00. The Morgan fingerprint density at radius 2 is 0.909 bits per heavy atom. The summed E-state index contributed by atoms with van der Waals surface area (Å²) in [5, 5.41) is 0. The van der Waals surface area contributed by atoms with Crippen molar-refractivity contribution in [2.45, 2.75) is 0 Å². The van der Waals surface area contributed by atoms with Gasteiger partial charge < -0.3 is 24.7 Å². The largest absolute Gasteiger partial charge is 0 e. The van der Waals surface area contributed by atoms with E-state index < -0.39 is 9.05 Å². The van der Waals surface area contributed by atoms with Crippen LogP contribution in [0.15, 0.2) is 0 Å². The van der Waals surface area contributed by atoms with Gasteiger partial charge in [0.1, 0.15) is 0 Å². The Morgan fingerprint density at radius 3 is 0.909 bits per heavy atom. The summed E-state index contributed by atoms with van der Waals surface area (Å²) in [7, 11) is -4.61. The van der Waals surface area contributed by atoms with E-state index in [1.165, 1.54) is 0 Å². The quantitative estimate of drug-likeness (QED) is 0.322. The van der Waals surface area contributed by atoms with E-state index in [0.29, 0.717) is 0 Å². The third-order valence-electron chi connectivity index (χ3n) is 0. The van der Waals surface area contributed by atoms with E-state index in [2.05, 4.69) is 0 Å². The maximum Gasteiger partial charge on any atom is 0 e. The first-order valence-electron chi connectivity index (χ1n) is 0.894. The minimum absolute atomic E-state index is 0. The van der Waals surface area contributed by atoms with Gasteiger partial charge in [0.05, 0.1) is 0 Å². The normalized spacial score (nSPS) is 5.45. The van der Waals surface area contributed by atoms with E-state index >= 15 is 0 Å². The van der Waals surface area contributed by atoms with Crippen molar-refractivity contribution in [3.8, 4) is 0 Å². The van der Waals surface area contributed by atoms with E-state index in [1.807, 2.05) is 0 Å². The zero-order valence-corrected chi connectivity index (χ0v) is 10.5. The molecule has 0 aromatic heterocycles. The maximum absolute atomic E-state index is 7.33. The maximum atomic E-state index is 7.33. The molecule has 0 aliphatic carbocycles. The molecule has 0 saturated carbocycles. The Morgan fingerprint density at radius 1 is 0.909 bits per heavy atom. The van der Waals surface area contributed by atoms with Gasteiger partial charge in [0, 0.05) is 53.6 Å². The fourth-order valence-corrected chi connectivity index (χ4v) is 0. The van der Waals surface area contributed by atoms with Crippen molar-refractivity contribution in [1.29, 1.82) is 0 Å². The van der Waals surface area contributed by atoms with E-state index in [-0.39, 0.29) is 114 Å². The summed E-state index contributed by atoms with van der Waals surface area (Å²) < 4.78 is 0. The van der Waals surface area contributed by atoms with Crippen LogP contribution in [0.5, 0.6) is 0 Å². The van der Waals surface area contributed by atoms with Crippen molar-refractivity contribution < 1.29 is 78.3 Å². The Kier molecular flexibility index (Phi) is 99.9. The van der Waals surface area contributed by atoms with E-state index in [1.54, 1.807) is 0 Å². The fraction of sp³-hybridized carbons (Fsp3) is 0. The third kappa shape index (κ3) is 147. The van der Waals surface area contributed by atoms with Crippen molar-refractivity contribution in [1.82, 2.24) is 0 Å². The van der Waals surface area contributed by atoms with E-state index in [4.69, 9.17) is 19.2 Å². The molecule has 11 heavy (non-hydrogen) atoms. The average Bonchev–Trinajstić information content (AvgIpc) is 0.722. The minimum atomic E-state index is -4.61. The number of rotatable bonds is 0. The molecular formula is H11AlCaFeMnO5SiZn. The number of hydrogen-bond acceptors (Lipinski definition) is 4. The monoisotopic (exact) mass is 361 g/mol. The van der Waals surface area contributed by atoms with Gasteiger partial charge in [-0.15, -0.1) is 0 Å². The number of hydrogen-bond donors (Lipinski definition) is 4. The summed E-state index contributed by atoms with van der Waals surface area (Å²) in [4.78, 5) is 29.3. The smallest absolute Gasteiger partial charge is 0 e. The first-order valence-corrected chi connectivity index (χ1v) is 2.68.